The zero-order chi connectivity index (χ0) is 14.8. The van der Waals surface area contributed by atoms with Gasteiger partial charge >= 0.3 is 0 Å². The SMILES string of the molecule is NNC(Cc1ccc(Cl)cc1F)C1Cc2ccccc2O1. The van der Waals surface area contributed by atoms with Gasteiger partial charge in [-0.05, 0) is 35.7 Å². The summed E-state index contributed by atoms with van der Waals surface area (Å²) < 4.78 is 19.8. The van der Waals surface area contributed by atoms with Crippen LogP contribution in [0.5, 0.6) is 5.75 Å². The number of hydrazine groups is 1. The Labute approximate surface area is 127 Å². The van der Waals surface area contributed by atoms with E-state index in [4.69, 9.17) is 22.2 Å². The largest absolute Gasteiger partial charge is 0.488 e. The first-order chi connectivity index (χ1) is 10.2. The van der Waals surface area contributed by atoms with E-state index >= 15 is 0 Å². The van der Waals surface area contributed by atoms with Crippen LogP contribution in [0.4, 0.5) is 4.39 Å². The second-order valence-corrected chi connectivity index (χ2v) is 5.62. The van der Waals surface area contributed by atoms with Crippen molar-refractivity contribution in [1.82, 2.24) is 5.43 Å². The van der Waals surface area contributed by atoms with Gasteiger partial charge in [0.15, 0.2) is 0 Å². The van der Waals surface area contributed by atoms with Gasteiger partial charge in [-0.1, -0.05) is 35.9 Å². The number of hydrogen-bond donors (Lipinski definition) is 2. The summed E-state index contributed by atoms with van der Waals surface area (Å²) in [4.78, 5) is 0. The summed E-state index contributed by atoms with van der Waals surface area (Å²) in [5, 5.41) is 0.387. The monoisotopic (exact) mass is 306 g/mol. The molecule has 0 saturated carbocycles. The average Bonchev–Trinajstić information content (AvgIpc) is 2.90. The molecule has 2 aromatic carbocycles. The molecule has 0 fully saturated rings. The van der Waals surface area contributed by atoms with E-state index in [-0.39, 0.29) is 18.0 Å². The van der Waals surface area contributed by atoms with E-state index in [1.54, 1.807) is 12.1 Å². The summed E-state index contributed by atoms with van der Waals surface area (Å²) in [5.41, 5.74) is 4.47. The van der Waals surface area contributed by atoms with Gasteiger partial charge in [0.1, 0.15) is 17.7 Å². The maximum atomic E-state index is 13.9. The average molecular weight is 307 g/mol. The Morgan fingerprint density at radius 1 is 1.33 bits per heavy atom. The molecule has 2 unspecified atom stereocenters. The zero-order valence-electron chi connectivity index (χ0n) is 11.4. The third-order valence-electron chi connectivity index (χ3n) is 3.79. The fourth-order valence-electron chi connectivity index (χ4n) is 2.66. The van der Waals surface area contributed by atoms with Crippen LogP contribution in [0.1, 0.15) is 11.1 Å². The highest BCUT2D eigenvalue weighted by Gasteiger charge is 2.30. The summed E-state index contributed by atoms with van der Waals surface area (Å²) in [6, 6.07) is 12.4. The number of fused-ring (bicyclic) bond motifs is 1. The van der Waals surface area contributed by atoms with E-state index in [9.17, 15) is 4.39 Å². The van der Waals surface area contributed by atoms with E-state index < -0.39 is 0 Å². The van der Waals surface area contributed by atoms with Crippen LogP contribution in [0.2, 0.25) is 5.02 Å². The molecule has 0 spiro atoms. The third-order valence-corrected chi connectivity index (χ3v) is 4.02. The highest BCUT2D eigenvalue weighted by atomic mass is 35.5. The highest BCUT2D eigenvalue weighted by molar-refractivity contribution is 6.30. The van der Waals surface area contributed by atoms with E-state index in [1.165, 1.54) is 6.07 Å². The highest BCUT2D eigenvalue weighted by Crippen LogP contribution is 2.30. The fraction of sp³-hybridized carbons (Fsp3) is 0.250. The lowest BCUT2D eigenvalue weighted by Gasteiger charge is -2.22. The van der Waals surface area contributed by atoms with Gasteiger partial charge in [0.25, 0.3) is 0 Å². The number of para-hydroxylation sites is 1. The molecule has 0 amide bonds. The van der Waals surface area contributed by atoms with Crippen molar-refractivity contribution in [2.75, 3.05) is 0 Å². The minimum Gasteiger partial charge on any atom is -0.488 e. The van der Waals surface area contributed by atoms with Crippen molar-refractivity contribution in [3.63, 3.8) is 0 Å². The summed E-state index contributed by atoms with van der Waals surface area (Å²) in [5.74, 6) is 6.19. The molecule has 5 heteroatoms. The predicted octanol–water partition coefficient (Wildman–Crippen LogP) is 2.86. The quantitative estimate of drug-likeness (QED) is 0.674. The van der Waals surface area contributed by atoms with E-state index in [2.05, 4.69) is 5.43 Å². The summed E-state index contributed by atoms with van der Waals surface area (Å²) in [6.07, 6.45) is 1.10. The molecule has 1 aliphatic heterocycles. The second kappa shape index (κ2) is 6.02. The molecule has 21 heavy (non-hydrogen) atoms. The van der Waals surface area contributed by atoms with E-state index in [0.717, 1.165) is 17.7 Å². The van der Waals surface area contributed by atoms with Crippen LogP contribution in [0.25, 0.3) is 0 Å². The molecule has 0 bridgehead atoms. The van der Waals surface area contributed by atoms with Crippen LogP contribution in [0.15, 0.2) is 42.5 Å². The van der Waals surface area contributed by atoms with Gasteiger partial charge in [-0.2, -0.15) is 0 Å². The normalized spacial score (nSPS) is 18.1. The van der Waals surface area contributed by atoms with Gasteiger partial charge in [0, 0.05) is 11.4 Å². The molecule has 0 radical (unpaired) electrons. The first-order valence-corrected chi connectivity index (χ1v) is 7.20. The van der Waals surface area contributed by atoms with Crippen molar-refractivity contribution in [2.24, 2.45) is 5.84 Å². The molecule has 3 rings (SSSR count). The molecule has 3 nitrogen and oxygen atoms in total. The van der Waals surface area contributed by atoms with Crippen LogP contribution in [-0.2, 0) is 12.8 Å². The molecule has 0 aromatic heterocycles. The molecule has 0 saturated heterocycles. The second-order valence-electron chi connectivity index (χ2n) is 5.18. The molecule has 1 aliphatic rings. The molecular weight excluding hydrogens is 291 g/mol. The molecule has 3 N–H and O–H groups in total. The van der Waals surface area contributed by atoms with Crippen molar-refractivity contribution in [2.45, 2.75) is 25.0 Å². The van der Waals surface area contributed by atoms with Crippen LogP contribution >= 0.6 is 11.6 Å². The smallest absolute Gasteiger partial charge is 0.127 e. The fourth-order valence-corrected chi connectivity index (χ4v) is 2.81. The number of nitrogens with two attached hydrogens (primary N) is 1. The van der Waals surface area contributed by atoms with E-state index in [0.29, 0.717) is 17.0 Å². The first kappa shape index (κ1) is 14.3. The van der Waals surface area contributed by atoms with E-state index in [1.807, 2.05) is 24.3 Å². The van der Waals surface area contributed by atoms with Crippen molar-refractivity contribution < 1.29 is 9.13 Å². The first-order valence-electron chi connectivity index (χ1n) is 6.82. The lowest BCUT2D eigenvalue weighted by Crippen LogP contribution is -2.47. The Hall–Kier alpha value is -1.62. The Balaban J connectivity index is 1.75. The minimum absolute atomic E-state index is 0.109. The Morgan fingerprint density at radius 2 is 2.14 bits per heavy atom. The molecule has 2 aromatic rings. The Morgan fingerprint density at radius 3 is 2.86 bits per heavy atom. The van der Waals surface area contributed by atoms with Crippen molar-refractivity contribution in [3.8, 4) is 5.75 Å². The van der Waals surface area contributed by atoms with Gasteiger partial charge in [-0.3, -0.25) is 11.3 Å². The summed E-state index contributed by atoms with van der Waals surface area (Å²) in [6.45, 7) is 0. The predicted molar refractivity (Wildman–Crippen MR) is 80.8 cm³/mol. The summed E-state index contributed by atoms with van der Waals surface area (Å²) in [7, 11) is 0. The van der Waals surface area contributed by atoms with Gasteiger partial charge in [0.2, 0.25) is 0 Å². The van der Waals surface area contributed by atoms with Gasteiger partial charge in [0.05, 0.1) is 6.04 Å². The van der Waals surface area contributed by atoms with Crippen molar-refractivity contribution in [3.05, 3.63) is 64.4 Å². The number of nitrogens with one attached hydrogen (secondary N) is 1. The molecular formula is C16H16ClFN2O. The number of rotatable bonds is 4. The van der Waals surface area contributed by atoms with Crippen LogP contribution in [-0.4, -0.2) is 12.1 Å². The molecule has 1 heterocycles. The summed E-state index contributed by atoms with van der Waals surface area (Å²) >= 11 is 5.77. The maximum Gasteiger partial charge on any atom is 0.127 e. The zero-order valence-corrected chi connectivity index (χ0v) is 12.1. The number of ether oxygens (including phenoxy) is 1. The topological polar surface area (TPSA) is 47.3 Å². The van der Waals surface area contributed by atoms with Crippen LogP contribution in [0, 0.1) is 5.82 Å². The van der Waals surface area contributed by atoms with Crippen LogP contribution in [0.3, 0.4) is 0 Å². The van der Waals surface area contributed by atoms with Crippen molar-refractivity contribution >= 4 is 11.6 Å². The third kappa shape index (κ3) is 3.02. The lowest BCUT2D eigenvalue weighted by atomic mass is 9.98. The van der Waals surface area contributed by atoms with Crippen molar-refractivity contribution in [1.29, 1.82) is 0 Å². The molecule has 0 aliphatic carbocycles. The molecule has 110 valence electrons. The van der Waals surface area contributed by atoms with Gasteiger partial charge in [-0.25, -0.2) is 4.39 Å². The molecule has 2 atom stereocenters. The standard InChI is InChI=1S/C16H16ClFN2O/c17-12-6-5-10(13(18)9-12)7-14(20-19)16-8-11-3-1-2-4-15(11)21-16/h1-6,9,14,16,20H,7-8,19H2. The maximum absolute atomic E-state index is 13.9. The lowest BCUT2D eigenvalue weighted by molar-refractivity contribution is 0.177. The Kier molecular flexibility index (Phi) is 4.10. The van der Waals surface area contributed by atoms with Gasteiger partial charge in [-0.15, -0.1) is 0 Å². The van der Waals surface area contributed by atoms with Gasteiger partial charge < -0.3 is 4.74 Å². The number of benzene rings is 2. The number of hydrogen-bond acceptors (Lipinski definition) is 3. The number of halogens is 2. The van der Waals surface area contributed by atoms with Crippen LogP contribution < -0.4 is 16.0 Å². The minimum atomic E-state index is -0.321. The Bertz CT molecular complexity index is 625.